The molecule has 0 heterocycles. The van der Waals surface area contributed by atoms with Gasteiger partial charge in [0.2, 0.25) is 0 Å². The molecule has 0 saturated carbocycles. The molecule has 0 bridgehead atoms. The van der Waals surface area contributed by atoms with E-state index in [1.165, 1.54) is 11.1 Å². The van der Waals surface area contributed by atoms with E-state index in [1.54, 1.807) is 12.1 Å². The van der Waals surface area contributed by atoms with Crippen LogP contribution in [0.2, 0.25) is 0 Å². The zero-order valence-corrected chi connectivity index (χ0v) is 35.7. The second kappa shape index (κ2) is 15.6. The standard InChI is InChI=1S/C61H42F2N2/c1-39-34-48(36-47-14-10-11-19-51(39)47)46-27-33-59(55(63)38-46)65(50-17-6-3-7-18-50)57-31-25-42-22-28-52-56(30-24-41-23-29-53(57)61(42)60(41)52)64(49-15-4-2-5-16-49)58-32-26-45(37-54(58)62)44-21-20-40-12-8-9-13-43(40)35-44/h2-33,35-39H,34H2,1H3. The summed E-state index contributed by atoms with van der Waals surface area (Å²) in [7, 11) is 0. The highest BCUT2D eigenvalue weighted by atomic mass is 19.1. The van der Waals surface area contributed by atoms with Crippen LogP contribution in [0.5, 0.6) is 0 Å². The van der Waals surface area contributed by atoms with E-state index in [4.69, 9.17) is 0 Å². The van der Waals surface area contributed by atoms with Gasteiger partial charge < -0.3 is 9.80 Å². The quantitative estimate of drug-likeness (QED) is 0.141. The van der Waals surface area contributed by atoms with Crippen LogP contribution in [0.15, 0.2) is 212 Å². The van der Waals surface area contributed by atoms with Gasteiger partial charge in [0, 0.05) is 22.1 Å². The third-order valence-electron chi connectivity index (χ3n) is 13.3. The van der Waals surface area contributed by atoms with Crippen molar-refractivity contribution in [1.82, 2.24) is 0 Å². The first-order valence-corrected chi connectivity index (χ1v) is 22.3. The molecular weight excluding hydrogens is 799 g/mol. The maximum Gasteiger partial charge on any atom is 0.147 e. The number of hydrogen-bond donors (Lipinski definition) is 0. The van der Waals surface area contributed by atoms with Crippen LogP contribution < -0.4 is 9.80 Å². The number of hydrogen-bond acceptors (Lipinski definition) is 2. The molecule has 2 nitrogen and oxygen atoms in total. The van der Waals surface area contributed by atoms with Gasteiger partial charge in [-0.3, -0.25) is 0 Å². The normalized spacial score (nSPS) is 13.6. The van der Waals surface area contributed by atoms with E-state index >= 15 is 8.78 Å². The second-order valence-electron chi connectivity index (χ2n) is 17.2. The number of halogens is 2. The van der Waals surface area contributed by atoms with E-state index in [2.05, 4.69) is 122 Å². The van der Waals surface area contributed by atoms with E-state index in [9.17, 15) is 0 Å². The summed E-state index contributed by atoms with van der Waals surface area (Å²) in [4.78, 5) is 4.07. The average molecular weight is 841 g/mol. The number of fused-ring (bicyclic) bond motifs is 2. The summed E-state index contributed by atoms with van der Waals surface area (Å²) in [6.45, 7) is 2.24. The highest BCUT2D eigenvalue weighted by molar-refractivity contribution is 6.28. The lowest BCUT2D eigenvalue weighted by molar-refractivity contribution is 0.628. The van der Waals surface area contributed by atoms with E-state index < -0.39 is 0 Å². The molecule has 1 atom stereocenters. The molecule has 0 spiro atoms. The topological polar surface area (TPSA) is 6.48 Å². The Morgan fingerprint density at radius 1 is 0.400 bits per heavy atom. The predicted octanol–water partition coefficient (Wildman–Crippen LogP) is 17.7. The van der Waals surface area contributed by atoms with Gasteiger partial charge in [0.1, 0.15) is 11.6 Å². The van der Waals surface area contributed by atoms with Gasteiger partial charge in [0.25, 0.3) is 0 Å². The lowest BCUT2D eigenvalue weighted by Gasteiger charge is -2.30. The van der Waals surface area contributed by atoms with Crippen LogP contribution in [-0.4, -0.2) is 0 Å². The van der Waals surface area contributed by atoms with Crippen molar-refractivity contribution in [3.8, 4) is 11.1 Å². The lowest BCUT2D eigenvalue weighted by Crippen LogP contribution is -2.13. The van der Waals surface area contributed by atoms with Gasteiger partial charge in [0.05, 0.1) is 22.7 Å². The van der Waals surface area contributed by atoms with Crippen LogP contribution in [0.4, 0.5) is 42.9 Å². The van der Waals surface area contributed by atoms with Crippen LogP contribution in [-0.2, 0) is 0 Å². The van der Waals surface area contributed by atoms with Gasteiger partial charge in [-0.15, -0.1) is 0 Å². The number of benzene rings is 11. The molecule has 0 aromatic heterocycles. The zero-order valence-electron chi connectivity index (χ0n) is 35.7. The summed E-state index contributed by atoms with van der Waals surface area (Å²) in [6, 6.07) is 71.3. The molecule has 0 N–H and O–H groups in total. The van der Waals surface area contributed by atoms with Crippen LogP contribution in [0, 0.1) is 11.6 Å². The third-order valence-corrected chi connectivity index (χ3v) is 13.3. The molecule has 0 aliphatic heterocycles. The van der Waals surface area contributed by atoms with Gasteiger partial charge >= 0.3 is 0 Å². The second-order valence-corrected chi connectivity index (χ2v) is 17.2. The monoisotopic (exact) mass is 840 g/mol. The molecule has 11 aromatic carbocycles. The summed E-state index contributed by atoms with van der Waals surface area (Å²) in [6.07, 6.45) is 3.06. The van der Waals surface area contributed by atoms with Gasteiger partial charge in [-0.2, -0.15) is 0 Å². The maximum atomic E-state index is 17.0. The molecule has 65 heavy (non-hydrogen) atoms. The summed E-state index contributed by atoms with van der Waals surface area (Å²) in [5, 5.41) is 8.50. The Labute approximate surface area is 376 Å². The Morgan fingerprint density at radius 2 is 0.862 bits per heavy atom. The Kier molecular flexibility index (Phi) is 9.27. The summed E-state index contributed by atoms with van der Waals surface area (Å²) < 4.78 is 33.9. The Bertz CT molecular complexity index is 3630. The fourth-order valence-corrected chi connectivity index (χ4v) is 10.2. The zero-order chi connectivity index (χ0) is 43.6. The largest absolute Gasteiger partial charge is 0.307 e. The van der Waals surface area contributed by atoms with Crippen molar-refractivity contribution in [2.24, 2.45) is 0 Å². The number of rotatable bonds is 8. The molecule has 0 saturated heterocycles. The molecule has 310 valence electrons. The minimum absolute atomic E-state index is 0.293. The van der Waals surface area contributed by atoms with Crippen LogP contribution >= 0.6 is 0 Å². The summed E-state index contributed by atoms with van der Waals surface area (Å²) >= 11 is 0. The summed E-state index contributed by atoms with van der Waals surface area (Å²) in [5.41, 5.74) is 10.7. The first-order chi connectivity index (χ1) is 32.0. The smallest absolute Gasteiger partial charge is 0.147 e. The molecule has 1 unspecified atom stereocenters. The predicted molar refractivity (Wildman–Crippen MR) is 270 cm³/mol. The molecular formula is C61H42F2N2. The molecule has 11 aromatic rings. The molecule has 1 aliphatic carbocycles. The first kappa shape index (κ1) is 38.6. The number of allylic oxidation sites excluding steroid dienone is 1. The number of anilines is 6. The van der Waals surface area contributed by atoms with Crippen LogP contribution in [0.3, 0.4) is 0 Å². The van der Waals surface area contributed by atoms with Crippen molar-refractivity contribution >= 4 is 88.9 Å². The van der Waals surface area contributed by atoms with Gasteiger partial charge in [0.15, 0.2) is 0 Å². The van der Waals surface area contributed by atoms with Crippen molar-refractivity contribution in [3.05, 3.63) is 241 Å². The van der Waals surface area contributed by atoms with E-state index in [0.29, 0.717) is 17.3 Å². The highest BCUT2D eigenvalue weighted by Crippen LogP contribution is 2.49. The highest BCUT2D eigenvalue weighted by Gasteiger charge is 2.25. The number of para-hydroxylation sites is 2. The first-order valence-electron chi connectivity index (χ1n) is 22.3. The Balaban J connectivity index is 1.00. The summed E-state index contributed by atoms with van der Waals surface area (Å²) in [5.74, 6) is -0.273. The van der Waals surface area contributed by atoms with E-state index in [0.717, 1.165) is 94.5 Å². The molecule has 0 radical (unpaired) electrons. The van der Waals surface area contributed by atoms with Crippen molar-refractivity contribution < 1.29 is 8.78 Å². The van der Waals surface area contributed by atoms with Gasteiger partial charge in [-0.25, -0.2) is 8.78 Å². The van der Waals surface area contributed by atoms with Gasteiger partial charge in [-0.05, 0) is 145 Å². The maximum absolute atomic E-state index is 17.0. The Hall–Kier alpha value is -8.08. The molecule has 0 fully saturated rings. The molecule has 12 rings (SSSR count). The third kappa shape index (κ3) is 6.60. The van der Waals surface area contributed by atoms with E-state index in [-0.39, 0.29) is 11.6 Å². The van der Waals surface area contributed by atoms with Crippen molar-refractivity contribution in [3.63, 3.8) is 0 Å². The van der Waals surface area contributed by atoms with Crippen molar-refractivity contribution in [1.29, 1.82) is 0 Å². The van der Waals surface area contributed by atoms with E-state index in [1.807, 2.05) is 101 Å². The van der Waals surface area contributed by atoms with Crippen molar-refractivity contribution in [2.75, 3.05) is 9.80 Å². The SMILES string of the molecule is CC1CC(c2ccc(N(c3ccccc3)c3ccc4ccc5c(N(c6ccccc6)c6ccc(-c7ccc8ccccc8c7)cc6F)ccc6ccc3c4c65)c(F)c2)=Cc2ccccc21. The number of nitrogens with zero attached hydrogens (tertiary/aromatic N) is 2. The molecule has 4 heteroatoms. The fourth-order valence-electron chi connectivity index (χ4n) is 10.2. The lowest BCUT2D eigenvalue weighted by atomic mass is 9.82. The molecule has 1 aliphatic rings. The Morgan fingerprint density at radius 3 is 1.48 bits per heavy atom. The fraction of sp³-hybridized carbons (Fsp3) is 0.0492. The minimum atomic E-state index is -0.321. The minimum Gasteiger partial charge on any atom is -0.307 e. The van der Waals surface area contributed by atoms with Crippen LogP contribution in [0.1, 0.15) is 36.0 Å². The average Bonchev–Trinajstić information content (AvgIpc) is 3.35. The van der Waals surface area contributed by atoms with Gasteiger partial charge in [-0.1, -0.05) is 159 Å². The molecule has 0 amide bonds. The van der Waals surface area contributed by atoms with Crippen LogP contribution in [0.25, 0.3) is 65.9 Å². The van der Waals surface area contributed by atoms with Crippen molar-refractivity contribution in [2.45, 2.75) is 19.3 Å².